The van der Waals surface area contributed by atoms with Crippen molar-refractivity contribution in [3.63, 3.8) is 0 Å². The zero-order valence-corrected chi connectivity index (χ0v) is 8.13. The molecule has 0 fully saturated rings. The standard InChI is InChI=1S/C8H8ClNO4/c1-2-13-8(12)14-6-4-10-7(11)3-5(6)9/h3-4H,2H2,1H3,(H,10,11). The molecular formula is C8H8ClNO4. The van der Waals surface area contributed by atoms with Crippen LogP contribution in [0.5, 0.6) is 5.75 Å². The average Bonchev–Trinajstić information content (AvgIpc) is 2.10. The highest BCUT2D eigenvalue weighted by Crippen LogP contribution is 2.20. The number of ether oxygens (including phenoxy) is 2. The van der Waals surface area contributed by atoms with E-state index in [1.807, 2.05) is 0 Å². The number of halogens is 1. The van der Waals surface area contributed by atoms with Gasteiger partial charge >= 0.3 is 6.16 Å². The number of aromatic nitrogens is 1. The van der Waals surface area contributed by atoms with E-state index in [0.717, 1.165) is 6.07 Å². The lowest BCUT2D eigenvalue weighted by Crippen LogP contribution is -2.12. The number of carbonyl (C=O) groups is 1. The quantitative estimate of drug-likeness (QED) is 0.764. The summed E-state index contributed by atoms with van der Waals surface area (Å²) in [7, 11) is 0. The Morgan fingerprint density at radius 2 is 2.36 bits per heavy atom. The molecule has 0 aliphatic carbocycles. The summed E-state index contributed by atoms with van der Waals surface area (Å²) in [4.78, 5) is 23.9. The van der Waals surface area contributed by atoms with E-state index in [1.165, 1.54) is 6.20 Å². The van der Waals surface area contributed by atoms with Crippen LogP contribution in [-0.4, -0.2) is 17.7 Å². The van der Waals surface area contributed by atoms with Crippen LogP contribution in [0.3, 0.4) is 0 Å². The maximum atomic E-state index is 10.9. The SMILES string of the molecule is CCOC(=O)Oc1c[nH]c(=O)cc1Cl. The van der Waals surface area contributed by atoms with E-state index in [9.17, 15) is 9.59 Å². The Labute approximate surface area is 84.6 Å². The summed E-state index contributed by atoms with van der Waals surface area (Å²) < 4.78 is 9.20. The first-order chi connectivity index (χ1) is 6.63. The Kier molecular flexibility index (Phi) is 3.53. The second kappa shape index (κ2) is 4.66. The molecule has 0 saturated heterocycles. The number of nitrogens with one attached hydrogen (secondary N) is 1. The van der Waals surface area contributed by atoms with Gasteiger partial charge in [-0.3, -0.25) is 4.79 Å². The molecule has 0 aliphatic heterocycles. The van der Waals surface area contributed by atoms with Crippen molar-refractivity contribution in [2.75, 3.05) is 6.61 Å². The van der Waals surface area contributed by atoms with E-state index in [1.54, 1.807) is 6.92 Å². The van der Waals surface area contributed by atoms with Crippen molar-refractivity contribution in [1.29, 1.82) is 0 Å². The number of H-pyrrole nitrogens is 1. The second-order valence-electron chi connectivity index (χ2n) is 2.29. The van der Waals surface area contributed by atoms with Gasteiger partial charge in [0.05, 0.1) is 11.6 Å². The van der Waals surface area contributed by atoms with Gasteiger partial charge in [-0.15, -0.1) is 0 Å². The van der Waals surface area contributed by atoms with Crippen LogP contribution in [0.25, 0.3) is 0 Å². The Hall–Kier alpha value is -1.49. The molecule has 0 atom stereocenters. The smallest absolute Gasteiger partial charge is 0.434 e. The molecule has 5 nitrogen and oxygen atoms in total. The van der Waals surface area contributed by atoms with Crippen LogP contribution in [-0.2, 0) is 4.74 Å². The van der Waals surface area contributed by atoms with Gasteiger partial charge in [-0.05, 0) is 6.92 Å². The summed E-state index contributed by atoms with van der Waals surface area (Å²) in [5.41, 5.74) is -0.369. The molecule has 14 heavy (non-hydrogen) atoms. The molecule has 6 heteroatoms. The molecule has 0 spiro atoms. The summed E-state index contributed by atoms with van der Waals surface area (Å²) in [6.07, 6.45) is 0.336. The molecule has 1 N–H and O–H groups in total. The highest BCUT2D eigenvalue weighted by atomic mass is 35.5. The number of pyridine rings is 1. The van der Waals surface area contributed by atoms with Gasteiger partial charge in [-0.2, -0.15) is 0 Å². The van der Waals surface area contributed by atoms with Crippen LogP contribution in [0.15, 0.2) is 17.1 Å². The molecule has 0 aliphatic rings. The minimum atomic E-state index is -0.860. The van der Waals surface area contributed by atoms with Gasteiger partial charge in [-0.25, -0.2) is 4.79 Å². The molecule has 0 amide bonds. The van der Waals surface area contributed by atoms with Crippen molar-refractivity contribution in [1.82, 2.24) is 4.98 Å². The molecule has 1 aromatic rings. The lowest BCUT2D eigenvalue weighted by Gasteiger charge is -2.04. The van der Waals surface area contributed by atoms with Crippen LogP contribution in [0.2, 0.25) is 5.02 Å². The van der Waals surface area contributed by atoms with Gasteiger partial charge in [0.25, 0.3) is 0 Å². The fourth-order valence-electron chi connectivity index (χ4n) is 0.749. The molecule has 0 aromatic carbocycles. The van der Waals surface area contributed by atoms with Crippen LogP contribution < -0.4 is 10.3 Å². The van der Waals surface area contributed by atoms with E-state index >= 15 is 0 Å². The van der Waals surface area contributed by atoms with Crippen LogP contribution in [0, 0.1) is 0 Å². The normalized spacial score (nSPS) is 9.57. The highest BCUT2D eigenvalue weighted by Gasteiger charge is 2.08. The molecule has 1 rings (SSSR count). The fraction of sp³-hybridized carbons (Fsp3) is 0.250. The van der Waals surface area contributed by atoms with E-state index in [0.29, 0.717) is 0 Å². The predicted octanol–water partition coefficient (Wildman–Crippen LogP) is 1.56. The first kappa shape index (κ1) is 10.6. The summed E-state index contributed by atoms with van der Waals surface area (Å²) in [5, 5.41) is 0.0572. The zero-order valence-electron chi connectivity index (χ0n) is 7.37. The zero-order chi connectivity index (χ0) is 10.6. The third-order valence-electron chi connectivity index (χ3n) is 1.29. The average molecular weight is 218 g/mol. The number of hydrogen-bond donors (Lipinski definition) is 1. The van der Waals surface area contributed by atoms with Crippen LogP contribution in [0.4, 0.5) is 4.79 Å². The summed E-state index contributed by atoms with van der Waals surface area (Å²) in [6, 6.07) is 1.11. The highest BCUT2D eigenvalue weighted by molar-refractivity contribution is 6.32. The van der Waals surface area contributed by atoms with E-state index in [2.05, 4.69) is 14.5 Å². The monoisotopic (exact) mass is 217 g/mol. The Morgan fingerprint density at radius 3 is 2.93 bits per heavy atom. The molecule has 0 bridgehead atoms. The predicted molar refractivity (Wildman–Crippen MR) is 49.7 cm³/mol. The first-order valence-corrected chi connectivity index (χ1v) is 4.24. The third kappa shape index (κ3) is 2.77. The minimum absolute atomic E-state index is 0.0572. The third-order valence-corrected chi connectivity index (χ3v) is 1.59. The van der Waals surface area contributed by atoms with Gasteiger partial charge in [0, 0.05) is 12.3 Å². The molecule has 0 radical (unpaired) electrons. The van der Waals surface area contributed by atoms with E-state index in [4.69, 9.17) is 11.6 Å². The summed E-state index contributed by atoms with van der Waals surface area (Å²) in [5.74, 6) is 0.0599. The molecule has 0 saturated carbocycles. The molecule has 0 unspecified atom stereocenters. The molecular weight excluding hydrogens is 210 g/mol. The first-order valence-electron chi connectivity index (χ1n) is 3.86. The molecule has 1 heterocycles. The lowest BCUT2D eigenvalue weighted by molar-refractivity contribution is 0.104. The fourth-order valence-corrected chi connectivity index (χ4v) is 0.941. The maximum absolute atomic E-state index is 10.9. The summed E-state index contributed by atoms with van der Waals surface area (Å²) >= 11 is 5.62. The van der Waals surface area contributed by atoms with Crippen molar-refractivity contribution >= 4 is 17.8 Å². The Balaban J connectivity index is 2.77. The molecule has 1 aromatic heterocycles. The molecule has 76 valence electrons. The van der Waals surface area contributed by atoms with Crippen LogP contribution in [0.1, 0.15) is 6.92 Å². The second-order valence-corrected chi connectivity index (χ2v) is 2.70. The Morgan fingerprint density at radius 1 is 1.64 bits per heavy atom. The van der Waals surface area contributed by atoms with Gasteiger partial charge in [-0.1, -0.05) is 11.6 Å². The number of carbonyl (C=O) groups excluding carboxylic acids is 1. The van der Waals surface area contributed by atoms with Crippen molar-refractivity contribution in [2.45, 2.75) is 6.92 Å². The van der Waals surface area contributed by atoms with Gasteiger partial charge in [0.15, 0.2) is 5.75 Å². The van der Waals surface area contributed by atoms with Gasteiger partial charge in [0.1, 0.15) is 0 Å². The van der Waals surface area contributed by atoms with Crippen LogP contribution >= 0.6 is 11.6 Å². The van der Waals surface area contributed by atoms with Crippen molar-refractivity contribution in [3.8, 4) is 5.75 Å². The van der Waals surface area contributed by atoms with E-state index < -0.39 is 6.16 Å². The van der Waals surface area contributed by atoms with Crippen molar-refractivity contribution < 1.29 is 14.3 Å². The lowest BCUT2D eigenvalue weighted by atomic mass is 10.4. The van der Waals surface area contributed by atoms with E-state index in [-0.39, 0.29) is 22.9 Å². The summed E-state index contributed by atoms with van der Waals surface area (Å²) in [6.45, 7) is 1.86. The van der Waals surface area contributed by atoms with Gasteiger partial charge in [0.2, 0.25) is 5.56 Å². The van der Waals surface area contributed by atoms with Crippen molar-refractivity contribution in [3.05, 3.63) is 27.6 Å². The number of rotatable bonds is 2. The van der Waals surface area contributed by atoms with Gasteiger partial charge < -0.3 is 14.5 Å². The Bertz CT molecular complexity index is 387. The number of aromatic amines is 1. The van der Waals surface area contributed by atoms with Crippen molar-refractivity contribution in [2.24, 2.45) is 0 Å². The largest absolute Gasteiger partial charge is 0.513 e. The maximum Gasteiger partial charge on any atom is 0.513 e. The minimum Gasteiger partial charge on any atom is -0.434 e. The topological polar surface area (TPSA) is 68.4 Å². The number of hydrogen-bond acceptors (Lipinski definition) is 4.